The van der Waals surface area contributed by atoms with Gasteiger partial charge in [-0.15, -0.1) is 11.3 Å². The molecule has 3 unspecified atom stereocenters. The smallest absolute Gasteiger partial charge is 0.0580 e. The Kier molecular flexibility index (Phi) is 5.43. The Morgan fingerprint density at radius 1 is 1.42 bits per heavy atom. The standard InChI is InChI=1S/C16H27NOS/c1-12(2)13-6-7-16(18)14(9-13)10-17(3)11-15-5-4-8-19-15/h4-5,8,12-14,16,18H,6-7,9-11H2,1-3H3. The highest BCUT2D eigenvalue weighted by Crippen LogP contribution is 2.34. The summed E-state index contributed by atoms with van der Waals surface area (Å²) in [6.45, 7) is 6.65. The van der Waals surface area contributed by atoms with Crippen LogP contribution in [0, 0.1) is 17.8 Å². The van der Waals surface area contributed by atoms with Crippen LogP contribution in [0.3, 0.4) is 0 Å². The van der Waals surface area contributed by atoms with Crippen molar-refractivity contribution in [2.45, 2.75) is 45.8 Å². The lowest BCUT2D eigenvalue weighted by Gasteiger charge is -2.37. The molecule has 0 amide bonds. The van der Waals surface area contributed by atoms with E-state index in [1.807, 2.05) is 11.3 Å². The van der Waals surface area contributed by atoms with E-state index >= 15 is 0 Å². The molecule has 1 saturated carbocycles. The van der Waals surface area contributed by atoms with Crippen LogP contribution in [0.25, 0.3) is 0 Å². The zero-order chi connectivity index (χ0) is 13.8. The van der Waals surface area contributed by atoms with Gasteiger partial charge in [-0.25, -0.2) is 0 Å². The molecule has 0 aliphatic heterocycles. The lowest BCUT2D eigenvalue weighted by atomic mass is 9.74. The molecule has 108 valence electrons. The van der Waals surface area contributed by atoms with Crippen molar-refractivity contribution in [3.05, 3.63) is 22.4 Å². The summed E-state index contributed by atoms with van der Waals surface area (Å²) in [5, 5.41) is 12.4. The van der Waals surface area contributed by atoms with Crippen LogP contribution >= 0.6 is 11.3 Å². The first-order valence-electron chi connectivity index (χ1n) is 7.45. The Bertz CT molecular complexity index is 363. The average Bonchev–Trinajstić information content (AvgIpc) is 2.84. The van der Waals surface area contributed by atoms with Gasteiger partial charge in [0.2, 0.25) is 0 Å². The van der Waals surface area contributed by atoms with Gasteiger partial charge in [-0.2, -0.15) is 0 Å². The van der Waals surface area contributed by atoms with E-state index < -0.39 is 0 Å². The minimum Gasteiger partial charge on any atom is -0.393 e. The molecule has 2 rings (SSSR count). The van der Waals surface area contributed by atoms with Crippen LogP contribution in [0.4, 0.5) is 0 Å². The average molecular weight is 281 g/mol. The zero-order valence-electron chi connectivity index (χ0n) is 12.4. The minimum absolute atomic E-state index is 0.0965. The summed E-state index contributed by atoms with van der Waals surface area (Å²) in [5.41, 5.74) is 0. The number of aliphatic hydroxyl groups is 1. The van der Waals surface area contributed by atoms with Gasteiger partial charge in [-0.1, -0.05) is 19.9 Å². The molecule has 1 aliphatic rings. The lowest BCUT2D eigenvalue weighted by molar-refractivity contribution is 0.0215. The molecule has 0 saturated heterocycles. The Morgan fingerprint density at radius 3 is 2.84 bits per heavy atom. The maximum Gasteiger partial charge on any atom is 0.0580 e. The molecule has 1 fully saturated rings. The van der Waals surface area contributed by atoms with Crippen LogP contribution in [0.5, 0.6) is 0 Å². The Hall–Kier alpha value is -0.380. The first-order chi connectivity index (χ1) is 9.06. The van der Waals surface area contributed by atoms with Crippen LogP contribution in [0.2, 0.25) is 0 Å². The summed E-state index contributed by atoms with van der Waals surface area (Å²) < 4.78 is 0. The number of rotatable bonds is 5. The first kappa shape index (κ1) is 15.0. The van der Waals surface area contributed by atoms with Crippen molar-refractivity contribution in [1.82, 2.24) is 4.90 Å². The van der Waals surface area contributed by atoms with Crippen LogP contribution < -0.4 is 0 Å². The van der Waals surface area contributed by atoms with Gasteiger partial charge in [-0.3, -0.25) is 0 Å². The van der Waals surface area contributed by atoms with Crippen molar-refractivity contribution in [1.29, 1.82) is 0 Å². The second kappa shape index (κ2) is 6.87. The summed E-state index contributed by atoms with van der Waals surface area (Å²) in [7, 11) is 2.17. The number of hydrogen-bond donors (Lipinski definition) is 1. The number of hydrogen-bond acceptors (Lipinski definition) is 3. The molecule has 3 heteroatoms. The van der Waals surface area contributed by atoms with Gasteiger partial charge < -0.3 is 10.0 Å². The Morgan fingerprint density at radius 2 is 2.21 bits per heavy atom. The normalized spacial score (nSPS) is 28.2. The number of aliphatic hydroxyl groups excluding tert-OH is 1. The van der Waals surface area contributed by atoms with E-state index in [0.717, 1.165) is 31.3 Å². The van der Waals surface area contributed by atoms with E-state index in [1.165, 1.54) is 17.7 Å². The second-order valence-corrected chi connectivity index (χ2v) is 7.45. The molecule has 0 aromatic carbocycles. The molecular weight excluding hydrogens is 254 g/mol. The molecule has 2 nitrogen and oxygen atoms in total. The Labute approximate surface area is 121 Å². The molecule has 0 spiro atoms. The third-order valence-corrected chi connectivity index (χ3v) is 5.34. The van der Waals surface area contributed by atoms with E-state index in [1.54, 1.807) is 0 Å². The molecular formula is C16H27NOS. The van der Waals surface area contributed by atoms with E-state index in [9.17, 15) is 5.11 Å². The summed E-state index contributed by atoms with van der Waals surface area (Å²) >= 11 is 1.82. The summed E-state index contributed by atoms with van der Waals surface area (Å²) in [6, 6.07) is 4.30. The van der Waals surface area contributed by atoms with Crippen LogP contribution in [0.15, 0.2) is 17.5 Å². The van der Waals surface area contributed by atoms with Crippen molar-refractivity contribution < 1.29 is 5.11 Å². The van der Waals surface area contributed by atoms with Crippen molar-refractivity contribution in [2.75, 3.05) is 13.6 Å². The predicted octanol–water partition coefficient (Wildman–Crippen LogP) is 3.61. The highest BCUT2D eigenvalue weighted by atomic mass is 32.1. The van der Waals surface area contributed by atoms with Gasteiger partial charge in [0.05, 0.1) is 6.10 Å². The SMILES string of the molecule is CC(C)C1CCC(O)C(CN(C)Cc2cccs2)C1. The van der Waals surface area contributed by atoms with Gasteiger partial charge in [-0.05, 0) is 55.5 Å². The molecule has 0 radical (unpaired) electrons. The van der Waals surface area contributed by atoms with Crippen LogP contribution in [0.1, 0.15) is 38.0 Å². The highest BCUT2D eigenvalue weighted by Gasteiger charge is 2.31. The molecule has 1 aromatic heterocycles. The highest BCUT2D eigenvalue weighted by molar-refractivity contribution is 7.09. The monoisotopic (exact) mass is 281 g/mol. The topological polar surface area (TPSA) is 23.5 Å². The van der Waals surface area contributed by atoms with E-state index in [2.05, 4.69) is 43.3 Å². The molecule has 3 atom stereocenters. The molecule has 1 aromatic rings. The fourth-order valence-electron chi connectivity index (χ4n) is 3.22. The van der Waals surface area contributed by atoms with Crippen molar-refractivity contribution in [3.8, 4) is 0 Å². The quantitative estimate of drug-likeness (QED) is 0.891. The Balaban J connectivity index is 1.85. The van der Waals surface area contributed by atoms with Gasteiger partial charge in [0.25, 0.3) is 0 Å². The molecule has 1 heterocycles. The molecule has 0 bridgehead atoms. The fraction of sp³-hybridized carbons (Fsp3) is 0.750. The first-order valence-corrected chi connectivity index (χ1v) is 8.33. The predicted molar refractivity (Wildman–Crippen MR) is 82.3 cm³/mol. The lowest BCUT2D eigenvalue weighted by Crippen LogP contribution is -2.38. The molecule has 1 N–H and O–H groups in total. The summed E-state index contributed by atoms with van der Waals surface area (Å²) in [5.74, 6) is 1.99. The number of nitrogens with zero attached hydrogens (tertiary/aromatic N) is 1. The number of thiophene rings is 1. The van der Waals surface area contributed by atoms with Gasteiger partial charge in [0.15, 0.2) is 0 Å². The minimum atomic E-state index is -0.0965. The maximum absolute atomic E-state index is 10.2. The zero-order valence-corrected chi connectivity index (χ0v) is 13.2. The summed E-state index contributed by atoms with van der Waals surface area (Å²) in [6.07, 6.45) is 3.28. The van der Waals surface area contributed by atoms with Gasteiger partial charge >= 0.3 is 0 Å². The second-order valence-electron chi connectivity index (χ2n) is 6.42. The van der Waals surface area contributed by atoms with Crippen LogP contribution in [-0.2, 0) is 6.54 Å². The van der Waals surface area contributed by atoms with Gasteiger partial charge in [0, 0.05) is 18.0 Å². The maximum atomic E-state index is 10.2. The molecule has 1 aliphatic carbocycles. The molecule has 19 heavy (non-hydrogen) atoms. The third-order valence-electron chi connectivity index (χ3n) is 4.48. The van der Waals surface area contributed by atoms with Gasteiger partial charge in [0.1, 0.15) is 0 Å². The summed E-state index contributed by atoms with van der Waals surface area (Å²) in [4.78, 5) is 3.77. The third kappa shape index (κ3) is 4.30. The van der Waals surface area contributed by atoms with E-state index in [4.69, 9.17) is 0 Å². The van der Waals surface area contributed by atoms with Crippen molar-refractivity contribution in [3.63, 3.8) is 0 Å². The fourth-order valence-corrected chi connectivity index (χ4v) is 4.00. The largest absolute Gasteiger partial charge is 0.393 e. The van der Waals surface area contributed by atoms with Crippen molar-refractivity contribution >= 4 is 11.3 Å². The van der Waals surface area contributed by atoms with Crippen molar-refractivity contribution in [2.24, 2.45) is 17.8 Å². The van der Waals surface area contributed by atoms with E-state index in [0.29, 0.717) is 5.92 Å². The van der Waals surface area contributed by atoms with E-state index in [-0.39, 0.29) is 6.10 Å². The van der Waals surface area contributed by atoms with Crippen LogP contribution in [-0.4, -0.2) is 29.7 Å².